The molecule has 0 bridgehead atoms. The first-order valence-electron chi connectivity index (χ1n) is 6.93. The topological polar surface area (TPSA) is 64.1 Å². The van der Waals surface area contributed by atoms with E-state index in [1.165, 1.54) is 6.42 Å². The van der Waals surface area contributed by atoms with Crippen molar-refractivity contribution in [2.24, 2.45) is 10.9 Å². The van der Waals surface area contributed by atoms with Crippen LogP contribution in [0.1, 0.15) is 13.3 Å². The molecule has 0 heterocycles. The van der Waals surface area contributed by atoms with Gasteiger partial charge in [0.15, 0.2) is 17.5 Å². The number of ether oxygens (including phenoxy) is 3. The number of methoxy groups -OCH3 is 3. The lowest BCUT2D eigenvalue weighted by Crippen LogP contribution is -2.33. The fourth-order valence-electron chi connectivity index (χ4n) is 2.15. The SMILES string of the molecule is CN=C(Nc1cc(OC)c(OC)c(OC)c1)N[C@@H]1C[C@H]1C. The molecule has 116 valence electrons. The minimum atomic E-state index is 0.498. The van der Waals surface area contributed by atoms with Gasteiger partial charge in [-0.15, -0.1) is 0 Å². The molecule has 2 rings (SSSR count). The number of nitrogens with one attached hydrogen (secondary N) is 2. The molecule has 21 heavy (non-hydrogen) atoms. The molecule has 2 atom stereocenters. The summed E-state index contributed by atoms with van der Waals surface area (Å²) >= 11 is 0. The van der Waals surface area contributed by atoms with E-state index >= 15 is 0 Å². The zero-order valence-corrected chi connectivity index (χ0v) is 13.2. The molecule has 1 saturated carbocycles. The minimum absolute atomic E-state index is 0.498. The Kier molecular flexibility index (Phi) is 4.77. The lowest BCUT2D eigenvalue weighted by molar-refractivity contribution is 0.324. The Labute approximate surface area is 125 Å². The molecule has 0 radical (unpaired) electrons. The summed E-state index contributed by atoms with van der Waals surface area (Å²) in [4.78, 5) is 4.23. The van der Waals surface area contributed by atoms with Gasteiger partial charge in [0, 0.05) is 30.9 Å². The van der Waals surface area contributed by atoms with Gasteiger partial charge in [0.2, 0.25) is 5.75 Å². The van der Waals surface area contributed by atoms with Crippen LogP contribution in [0.4, 0.5) is 5.69 Å². The molecule has 0 saturated heterocycles. The molecule has 0 spiro atoms. The molecule has 1 aliphatic carbocycles. The highest BCUT2D eigenvalue weighted by molar-refractivity contribution is 5.94. The quantitative estimate of drug-likeness (QED) is 0.643. The molecule has 2 N–H and O–H groups in total. The molecule has 6 heteroatoms. The van der Waals surface area contributed by atoms with Crippen LogP contribution in [0.3, 0.4) is 0 Å². The fraction of sp³-hybridized carbons (Fsp3) is 0.533. The van der Waals surface area contributed by atoms with Gasteiger partial charge in [-0.25, -0.2) is 0 Å². The van der Waals surface area contributed by atoms with Crippen molar-refractivity contribution in [3.05, 3.63) is 12.1 Å². The highest BCUT2D eigenvalue weighted by atomic mass is 16.5. The second-order valence-corrected chi connectivity index (χ2v) is 5.08. The second-order valence-electron chi connectivity index (χ2n) is 5.08. The van der Waals surface area contributed by atoms with E-state index in [-0.39, 0.29) is 0 Å². The van der Waals surface area contributed by atoms with E-state index in [2.05, 4.69) is 22.5 Å². The normalized spacial score (nSPS) is 20.7. The molecule has 1 aromatic rings. The predicted molar refractivity (Wildman–Crippen MR) is 83.8 cm³/mol. The number of anilines is 1. The van der Waals surface area contributed by atoms with E-state index in [1.807, 2.05) is 12.1 Å². The Morgan fingerprint density at radius 3 is 2.10 bits per heavy atom. The Hall–Kier alpha value is -2.11. The number of hydrogen-bond donors (Lipinski definition) is 2. The van der Waals surface area contributed by atoms with E-state index < -0.39 is 0 Å². The van der Waals surface area contributed by atoms with Crippen molar-refractivity contribution >= 4 is 11.6 Å². The summed E-state index contributed by atoms with van der Waals surface area (Å²) in [5.41, 5.74) is 0.825. The van der Waals surface area contributed by atoms with Gasteiger partial charge in [0.25, 0.3) is 0 Å². The number of nitrogens with zero attached hydrogens (tertiary/aromatic N) is 1. The first-order chi connectivity index (χ1) is 10.1. The average molecular weight is 293 g/mol. The van der Waals surface area contributed by atoms with Crippen molar-refractivity contribution in [3.63, 3.8) is 0 Å². The molecule has 0 aliphatic heterocycles. The standard InChI is InChI=1S/C15H23N3O3/c1-9-6-11(9)18-15(16-2)17-10-7-12(19-3)14(21-5)13(8-10)20-4/h7-9,11H,6H2,1-5H3,(H2,16,17,18)/t9-,11-/m1/s1. The Morgan fingerprint density at radius 1 is 1.14 bits per heavy atom. The monoisotopic (exact) mass is 293 g/mol. The Balaban J connectivity index is 2.18. The predicted octanol–water partition coefficient (Wildman–Crippen LogP) is 2.11. The van der Waals surface area contributed by atoms with Gasteiger partial charge in [-0.05, 0) is 12.3 Å². The largest absolute Gasteiger partial charge is 0.493 e. The van der Waals surface area contributed by atoms with Gasteiger partial charge < -0.3 is 24.8 Å². The van der Waals surface area contributed by atoms with Crippen LogP contribution in [0, 0.1) is 5.92 Å². The van der Waals surface area contributed by atoms with E-state index in [0.29, 0.717) is 29.2 Å². The second kappa shape index (κ2) is 6.56. The van der Waals surface area contributed by atoms with Crippen molar-refractivity contribution in [1.29, 1.82) is 0 Å². The van der Waals surface area contributed by atoms with Gasteiger partial charge in [-0.3, -0.25) is 4.99 Å². The molecule has 0 aromatic heterocycles. The summed E-state index contributed by atoms with van der Waals surface area (Å²) in [5.74, 6) is 3.22. The average Bonchev–Trinajstić information content (AvgIpc) is 3.20. The first-order valence-corrected chi connectivity index (χ1v) is 6.93. The summed E-state index contributed by atoms with van der Waals surface area (Å²) in [6.07, 6.45) is 1.18. The first kappa shape index (κ1) is 15.3. The van der Waals surface area contributed by atoms with Crippen molar-refractivity contribution in [1.82, 2.24) is 5.32 Å². The zero-order valence-electron chi connectivity index (χ0n) is 13.2. The van der Waals surface area contributed by atoms with Gasteiger partial charge >= 0.3 is 0 Å². The molecule has 0 amide bonds. The van der Waals surface area contributed by atoms with Crippen LogP contribution in [0.2, 0.25) is 0 Å². The van der Waals surface area contributed by atoms with Crippen LogP contribution < -0.4 is 24.8 Å². The third-order valence-electron chi connectivity index (χ3n) is 3.58. The number of rotatable bonds is 5. The van der Waals surface area contributed by atoms with Crippen LogP contribution in [0.25, 0.3) is 0 Å². The molecular weight excluding hydrogens is 270 g/mol. The van der Waals surface area contributed by atoms with Crippen molar-refractivity contribution in [2.45, 2.75) is 19.4 Å². The maximum atomic E-state index is 5.34. The van der Waals surface area contributed by atoms with Crippen molar-refractivity contribution in [3.8, 4) is 17.2 Å². The van der Waals surface area contributed by atoms with E-state index in [1.54, 1.807) is 28.4 Å². The number of hydrogen-bond acceptors (Lipinski definition) is 4. The fourth-order valence-corrected chi connectivity index (χ4v) is 2.15. The maximum Gasteiger partial charge on any atom is 0.203 e. The summed E-state index contributed by atoms with van der Waals surface area (Å²) in [5, 5.41) is 6.61. The van der Waals surface area contributed by atoms with E-state index in [9.17, 15) is 0 Å². The van der Waals surface area contributed by atoms with Gasteiger partial charge in [0.1, 0.15) is 0 Å². The van der Waals surface area contributed by atoms with Crippen molar-refractivity contribution in [2.75, 3.05) is 33.7 Å². The smallest absolute Gasteiger partial charge is 0.203 e. The number of benzene rings is 1. The summed E-state index contributed by atoms with van der Waals surface area (Å²) in [6, 6.07) is 4.20. The highest BCUT2D eigenvalue weighted by Crippen LogP contribution is 2.40. The number of aliphatic imine (C=N–C) groups is 1. The van der Waals surface area contributed by atoms with Crippen molar-refractivity contribution < 1.29 is 14.2 Å². The van der Waals surface area contributed by atoms with Gasteiger partial charge in [0.05, 0.1) is 21.3 Å². The molecule has 1 aromatic carbocycles. The summed E-state index contributed by atoms with van der Waals surface area (Å²) < 4.78 is 16.0. The molecule has 0 unspecified atom stereocenters. The van der Waals surface area contributed by atoms with Crippen LogP contribution in [0.5, 0.6) is 17.2 Å². The maximum absolute atomic E-state index is 5.34. The van der Waals surface area contributed by atoms with E-state index in [4.69, 9.17) is 14.2 Å². The molecule has 1 aliphatic rings. The van der Waals surface area contributed by atoms with E-state index in [0.717, 1.165) is 11.6 Å². The van der Waals surface area contributed by atoms with Crippen LogP contribution in [-0.4, -0.2) is 40.4 Å². The lowest BCUT2D eigenvalue weighted by Gasteiger charge is -2.16. The molecule has 1 fully saturated rings. The van der Waals surface area contributed by atoms with Crippen LogP contribution in [0.15, 0.2) is 17.1 Å². The summed E-state index contributed by atoms with van der Waals surface area (Å²) in [7, 11) is 6.53. The third-order valence-corrected chi connectivity index (χ3v) is 3.58. The lowest BCUT2D eigenvalue weighted by atomic mass is 10.2. The molecular formula is C15H23N3O3. The highest BCUT2D eigenvalue weighted by Gasteiger charge is 2.33. The minimum Gasteiger partial charge on any atom is -0.493 e. The number of guanidine groups is 1. The van der Waals surface area contributed by atoms with Gasteiger partial charge in [-0.1, -0.05) is 6.92 Å². The zero-order chi connectivity index (χ0) is 15.4. The van der Waals surface area contributed by atoms with Gasteiger partial charge in [-0.2, -0.15) is 0 Å². The van der Waals surface area contributed by atoms with Crippen LogP contribution >= 0.6 is 0 Å². The molecule has 6 nitrogen and oxygen atoms in total. The third kappa shape index (κ3) is 3.51. The van der Waals surface area contributed by atoms with Crippen LogP contribution in [-0.2, 0) is 0 Å². The Bertz CT molecular complexity index is 506. The summed E-state index contributed by atoms with van der Waals surface area (Å²) in [6.45, 7) is 2.21. The Morgan fingerprint density at radius 2 is 1.71 bits per heavy atom.